The van der Waals surface area contributed by atoms with E-state index in [1.165, 1.54) is 0 Å². The average Bonchev–Trinajstić information content (AvgIpc) is 2.36. The monoisotopic (exact) mass is 269 g/mol. The van der Waals surface area contributed by atoms with Crippen molar-refractivity contribution in [2.75, 3.05) is 38.8 Å². The number of benzene rings is 1. The van der Waals surface area contributed by atoms with Gasteiger partial charge in [-0.3, -0.25) is 0 Å². The Hall–Kier alpha value is -0.550. The van der Waals surface area contributed by atoms with Crippen molar-refractivity contribution in [2.24, 2.45) is 0 Å². The molecule has 0 heterocycles. The van der Waals surface area contributed by atoms with Gasteiger partial charge in [0, 0.05) is 18.1 Å². The summed E-state index contributed by atoms with van der Waals surface area (Å²) in [6.45, 7) is 2.02. The molecular formula is C14H23NO2S. The molecule has 0 saturated heterocycles. The molecule has 1 unspecified atom stereocenters. The van der Waals surface area contributed by atoms with Crippen molar-refractivity contribution in [1.82, 2.24) is 4.90 Å². The van der Waals surface area contributed by atoms with Gasteiger partial charge in [0.1, 0.15) is 0 Å². The maximum absolute atomic E-state index is 9.73. The molecule has 18 heavy (non-hydrogen) atoms. The summed E-state index contributed by atoms with van der Waals surface area (Å²) in [5, 5.41) is 9.73. The smallest absolute Gasteiger partial charge is 0.0863 e. The van der Waals surface area contributed by atoms with Crippen LogP contribution in [0.1, 0.15) is 5.56 Å². The summed E-state index contributed by atoms with van der Waals surface area (Å²) in [6, 6.07) is 10.0. The highest BCUT2D eigenvalue weighted by molar-refractivity contribution is 7.99. The maximum atomic E-state index is 9.73. The number of rotatable bonds is 9. The fourth-order valence-corrected chi connectivity index (χ4v) is 2.43. The second-order valence-electron chi connectivity index (χ2n) is 4.53. The molecule has 0 bridgehead atoms. The Morgan fingerprint density at radius 2 is 2.00 bits per heavy atom. The molecule has 0 aromatic heterocycles. The van der Waals surface area contributed by atoms with E-state index in [0.29, 0.717) is 13.2 Å². The molecule has 0 aliphatic heterocycles. The molecule has 0 amide bonds. The first-order chi connectivity index (χ1) is 8.68. The molecule has 3 nitrogen and oxygen atoms in total. The molecule has 0 fully saturated rings. The number of aliphatic hydroxyl groups is 1. The lowest BCUT2D eigenvalue weighted by Gasteiger charge is -2.12. The van der Waals surface area contributed by atoms with Crippen LogP contribution < -0.4 is 0 Å². The topological polar surface area (TPSA) is 32.7 Å². The Kier molecular flexibility index (Phi) is 8.09. The third-order valence-corrected chi connectivity index (χ3v) is 3.51. The minimum atomic E-state index is -0.374. The van der Waals surface area contributed by atoms with E-state index in [2.05, 4.69) is 19.0 Å². The predicted molar refractivity (Wildman–Crippen MR) is 78.0 cm³/mol. The summed E-state index contributed by atoms with van der Waals surface area (Å²) in [4.78, 5) is 2.14. The molecule has 0 spiro atoms. The zero-order valence-corrected chi connectivity index (χ0v) is 12.0. The van der Waals surface area contributed by atoms with Gasteiger partial charge in [-0.15, -0.1) is 0 Å². The second kappa shape index (κ2) is 9.39. The molecule has 102 valence electrons. The van der Waals surface area contributed by atoms with Crippen LogP contribution in [0, 0.1) is 0 Å². The minimum absolute atomic E-state index is 0.374. The van der Waals surface area contributed by atoms with E-state index < -0.39 is 0 Å². The molecule has 0 saturated carbocycles. The average molecular weight is 269 g/mol. The first-order valence-corrected chi connectivity index (χ1v) is 7.36. The lowest BCUT2D eigenvalue weighted by molar-refractivity contribution is 0.0398. The lowest BCUT2D eigenvalue weighted by Crippen LogP contribution is -2.20. The van der Waals surface area contributed by atoms with Crippen LogP contribution in [0.15, 0.2) is 30.3 Å². The number of hydrogen-bond donors (Lipinski definition) is 1. The molecule has 0 aliphatic carbocycles. The van der Waals surface area contributed by atoms with Crippen molar-refractivity contribution in [3.8, 4) is 0 Å². The highest BCUT2D eigenvalue weighted by Gasteiger charge is 2.04. The highest BCUT2D eigenvalue weighted by atomic mass is 32.2. The lowest BCUT2D eigenvalue weighted by atomic mass is 10.2. The Balaban J connectivity index is 2.01. The summed E-state index contributed by atoms with van der Waals surface area (Å²) in [5.41, 5.74) is 1.14. The number of ether oxygens (including phenoxy) is 1. The van der Waals surface area contributed by atoms with Crippen LogP contribution in [-0.2, 0) is 11.3 Å². The summed E-state index contributed by atoms with van der Waals surface area (Å²) < 4.78 is 5.49. The van der Waals surface area contributed by atoms with Gasteiger partial charge in [0.05, 0.1) is 19.3 Å². The first-order valence-electron chi connectivity index (χ1n) is 6.20. The number of nitrogens with zero attached hydrogens (tertiary/aromatic N) is 1. The maximum Gasteiger partial charge on any atom is 0.0863 e. The van der Waals surface area contributed by atoms with E-state index in [-0.39, 0.29) is 6.10 Å². The summed E-state index contributed by atoms with van der Waals surface area (Å²) in [7, 11) is 4.11. The zero-order chi connectivity index (χ0) is 13.2. The molecular weight excluding hydrogens is 246 g/mol. The second-order valence-corrected chi connectivity index (χ2v) is 5.68. The third-order valence-electron chi connectivity index (χ3n) is 2.41. The minimum Gasteiger partial charge on any atom is -0.390 e. The van der Waals surface area contributed by atoms with Gasteiger partial charge in [-0.05, 0) is 19.7 Å². The van der Waals surface area contributed by atoms with Crippen LogP contribution in [0.3, 0.4) is 0 Å². The van der Waals surface area contributed by atoms with E-state index in [1.54, 1.807) is 11.8 Å². The largest absolute Gasteiger partial charge is 0.390 e. The fourth-order valence-electron chi connectivity index (χ4n) is 1.40. The number of aliphatic hydroxyl groups excluding tert-OH is 1. The predicted octanol–water partition coefficient (Wildman–Crippen LogP) is 1.86. The van der Waals surface area contributed by atoms with Gasteiger partial charge in [0.15, 0.2) is 0 Å². The van der Waals surface area contributed by atoms with Crippen molar-refractivity contribution in [3.05, 3.63) is 35.9 Å². The Morgan fingerprint density at radius 1 is 1.28 bits per heavy atom. The molecule has 0 radical (unpaired) electrons. The number of hydrogen-bond acceptors (Lipinski definition) is 4. The summed E-state index contributed by atoms with van der Waals surface area (Å²) in [5.74, 6) is 1.78. The summed E-state index contributed by atoms with van der Waals surface area (Å²) in [6.07, 6.45) is -0.374. The van der Waals surface area contributed by atoms with E-state index >= 15 is 0 Å². The molecule has 1 aromatic rings. The molecule has 0 aliphatic rings. The first kappa shape index (κ1) is 15.5. The van der Waals surface area contributed by atoms with Gasteiger partial charge in [-0.1, -0.05) is 30.3 Å². The van der Waals surface area contributed by atoms with Gasteiger partial charge in [-0.25, -0.2) is 0 Å². The van der Waals surface area contributed by atoms with Crippen molar-refractivity contribution in [1.29, 1.82) is 0 Å². The van der Waals surface area contributed by atoms with Gasteiger partial charge < -0.3 is 14.7 Å². The van der Waals surface area contributed by atoms with Crippen LogP contribution in [-0.4, -0.2) is 54.9 Å². The molecule has 1 rings (SSSR count). The fraction of sp³-hybridized carbons (Fsp3) is 0.571. The van der Waals surface area contributed by atoms with Gasteiger partial charge in [-0.2, -0.15) is 11.8 Å². The third kappa shape index (κ3) is 7.71. The van der Waals surface area contributed by atoms with E-state index in [1.807, 2.05) is 30.3 Å². The van der Waals surface area contributed by atoms with Crippen molar-refractivity contribution >= 4 is 11.8 Å². The molecule has 1 atom stereocenters. The van der Waals surface area contributed by atoms with Gasteiger partial charge in [0.2, 0.25) is 0 Å². The Morgan fingerprint density at radius 3 is 2.67 bits per heavy atom. The van der Waals surface area contributed by atoms with E-state index in [4.69, 9.17) is 4.74 Å². The Labute approximate surface area is 114 Å². The van der Waals surface area contributed by atoms with Crippen molar-refractivity contribution in [3.63, 3.8) is 0 Å². The molecule has 1 aromatic carbocycles. The molecule has 4 heteroatoms. The van der Waals surface area contributed by atoms with Crippen molar-refractivity contribution < 1.29 is 9.84 Å². The van der Waals surface area contributed by atoms with Gasteiger partial charge in [0.25, 0.3) is 0 Å². The summed E-state index contributed by atoms with van der Waals surface area (Å²) >= 11 is 1.76. The SMILES string of the molecule is CN(C)CCSCC(O)COCc1ccccc1. The zero-order valence-electron chi connectivity index (χ0n) is 11.2. The van der Waals surface area contributed by atoms with Crippen LogP contribution in [0.5, 0.6) is 0 Å². The van der Waals surface area contributed by atoms with Crippen LogP contribution in [0.4, 0.5) is 0 Å². The van der Waals surface area contributed by atoms with Crippen molar-refractivity contribution in [2.45, 2.75) is 12.7 Å². The van der Waals surface area contributed by atoms with Gasteiger partial charge >= 0.3 is 0 Å². The van der Waals surface area contributed by atoms with Crippen LogP contribution in [0.25, 0.3) is 0 Å². The van der Waals surface area contributed by atoms with Crippen LogP contribution >= 0.6 is 11.8 Å². The normalized spacial score (nSPS) is 12.9. The Bertz CT molecular complexity index is 306. The molecule has 1 N–H and O–H groups in total. The van der Waals surface area contributed by atoms with E-state index in [9.17, 15) is 5.11 Å². The number of thioether (sulfide) groups is 1. The quantitative estimate of drug-likeness (QED) is 0.694. The standard InChI is InChI=1S/C14H23NO2S/c1-15(2)8-9-18-12-14(16)11-17-10-13-6-4-3-5-7-13/h3-7,14,16H,8-12H2,1-2H3. The van der Waals surface area contributed by atoms with Crippen LogP contribution in [0.2, 0.25) is 0 Å². The van der Waals surface area contributed by atoms with E-state index in [0.717, 1.165) is 23.6 Å². The highest BCUT2D eigenvalue weighted by Crippen LogP contribution is 2.05.